The summed E-state index contributed by atoms with van der Waals surface area (Å²) in [5.74, 6) is -4.61. The van der Waals surface area contributed by atoms with Crippen molar-refractivity contribution < 1.29 is 31.9 Å². The first-order valence-corrected chi connectivity index (χ1v) is 6.29. The van der Waals surface area contributed by atoms with Gasteiger partial charge in [0.05, 0.1) is 0 Å². The molecular weight excluding hydrogens is 339 g/mol. The summed E-state index contributed by atoms with van der Waals surface area (Å²) in [5.41, 5.74) is -1.39. The van der Waals surface area contributed by atoms with Gasteiger partial charge in [0.2, 0.25) is 5.95 Å². The lowest BCUT2D eigenvalue weighted by atomic mass is 10.3. The Bertz CT molecular complexity index is 767. The molecule has 2 rings (SSSR count). The molecule has 1 aromatic carbocycles. The molecule has 0 unspecified atom stereocenters. The zero-order valence-corrected chi connectivity index (χ0v) is 11.7. The lowest BCUT2D eigenvalue weighted by Gasteiger charge is -2.12. The van der Waals surface area contributed by atoms with Crippen LogP contribution < -0.4 is 10.6 Å². The number of carboxylic acids is 1. The van der Waals surface area contributed by atoms with E-state index >= 15 is 0 Å². The van der Waals surface area contributed by atoms with Crippen LogP contribution in [0.3, 0.4) is 0 Å². The van der Waals surface area contributed by atoms with E-state index in [1.165, 1.54) is 0 Å². The van der Waals surface area contributed by atoms with E-state index in [1.807, 2.05) is 0 Å². The molecule has 0 atom stereocenters. The average molecular weight is 348 g/mol. The number of halogens is 5. The standard InChI is InChI=1S/C13H9F5N4O2/c14-7-2-1-6(3-8(7)15)20-10-4-9(13(16,17)18)21-12(22-10)19-5-11(23)24/h1-4H,5H2,(H,23,24)(H2,19,20,21,22). The van der Waals surface area contributed by atoms with Crippen molar-refractivity contribution >= 4 is 23.4 Å². The monoisotopic (exact) mass is 348 g/mol. The third-order valence-corrected chi connectivity index (χ3v) is 2.61. The molecule has 0 aliphatic rings. The van der Waals surface area contributed by atoms with Crippen molar-refractivity contribution in [3.8, 4) is 0 Å². The second kappa shape index (κ2) is 6.64. The second-order valence-corrected chi connectivity index (χ2v) is 4.46. The van der Waals surface area contributed by atoms with Crippen molar-refractivity contribution in [2.45, 2.75) is 6.18 Å². The number of carbonyl (C=O) groups is 1. The summed E-state index contributed by atoms with van der Waals surface area (Å²) in [7, 11) is 0. The number of hydrogen-bond acceptors (Lipinski definition) is 5. The number of nitrogens with zero attached hydrogens (tertiary/aromatic N) is 2. The molecule has 1 heterocycles. The van der Waals surface area contributed by atoms with Crippen LogP contribution in [0.15, 0.2) is 24.3 Å². The van der Waals surface area contributed by atoms with E-state index in [1.54, 1.807) is 0 Å². The number of aliphatic carboxylic acids is 1. The van der Waals surface area contributed by atoms with Crippen LogP contribution in [0.2, 0.25) is 0 Å². The third-order valence-electron chi connectivity index (χ3n) is 2.61. The molecule has 0 saturated carbocycles. The first kappa shape index (κ1) is 17.4. The first-order chi connectivity index (χ1) is 11.1. The van der Waals surface area contributed by atoms with Crippen LogP contribution in [-0.4, -0.2) is 27.6 Å². The largest absolute Gasteiger partial charge is 0.480 e. The summed E-state index contributed by atoms with van der Waals surface area (Å²) in [6.45, 7) is -0.702. The normalized spacial score (nSPS) is 11.2. The Morgan fingerprint density at radius 3 is 2.42 bits per heavy atom. The van der Waals surface area contributed by atoms with Crippen LogP contribution in [0.25, 0.3) is 0 Å². The van der Waals surface area contributed by atoms with Crippen molar-refractivity contribution in [3.63, 3.8) is 0 Å². The number of nitrogens with one attached hydrogen (secondary N) is 2. The Morgan fingerprint density at radius 2 is 1.83 bits per heavy atom. The van der Waals surface area contributed by atoms with Crippen molar-refractivity contribution in [2.24, 2.45) is 0 Å². The maximum atomic E-state index is 13.1. The Labute approximate surface area is 131 Å². The number of anilines is 3. The second-order valence-electron chi connectivity index (χ2n) is 4.46. The Hall–Kier alpha value is -2.98. The molecule has 0 spiro atoms. The van der Waals surface area contributed by atoms with E-state index < -0.39 is 42.0 Å². The van der Waals surface area contributed by atoms with E-state index in [4.69, 9.17) is 5.11 Å². The summed E-state index contributed by atoms with van der Waals surface area (Å²) in [4.78, 5) is 17.3. The number of carboxylic acid groups (broad SMARTS) is 1. The van der Waals surface area contributed by atoms with Crippen molar-refractivity contribution in [3.05, 3.63) is 41.6 Å². The van der Waals surface area contributed by atoms with Gasteiger partial charge in [0.15, 0.2) is 17.3 Å². The highest BCUT2D eigenvalue weighted by Gasteiger charge is 2.33. The first-order valence-electron chi connectivity index (χ1n) is 6.29. The van der Waals surface area contributed by atoms with Gasteiger partial charge >= 0.3 is 12.1 Å². The van der Waals surface area contributed by atoms with Gasteiger partial charge in [-0.25, -0.2) is 13.8 Å². The number of aromatic nitrogens is 2. The van der Waals surface area contributed by atoms with Gasteiger partial charge in [0, 0.05) is 17.8 Å². The van der Waals surface area contributed by atoms with E-state index in [9.17, 15) is 26.7 Å². The summed E-state index contributed by atoms with van der Waals surface area (Å²) in [6.07, 6.45) is -4.81. The minimum absolute atomic E-state index is 0.0510. The quantitative estimate of drug-likeness (QED) is 0.720. The average Bonchev–Trinajstić information content (AvgIpc) is 2.48. The molecule has 1 aromatic heterocycles. The zero-order chi connectivity index (χ0) is 17.9. The molecule has 24 heavy (non-hydrogen) atoms. The summed E-state index contributed by atoms with van der Waals surface area (Å²) in [5, 5.41) is 13.0. The smallest absolute Gasteiger partial charge is 0.433 e. The van der Waals surface area contributed by atoms with Crippen molar-refractivity contribution in [1.29, 1.82) is 0 Å². The number of hydrogen-bond donors (Lipinski definition) is 3. The van der Waals surface area contributed by atoms with Gasteiger partial charge in [-0.3, -0.25) is 4.79 Å². The lowest BCUT2D eigenvalue weighted by molar-refractivity contribution is -0.141. The van der Waals surface area contributed by atoms with E-state index in [2.05, 4.69) is 20.6 Å². The van der Waals surface area contributed by atoms with Gasteiger partial charge in [-0.2, -0.15) is 18.2 Å². The predicted molar refractivity (Wildman–Crippen MR) is 72.8 cm³/mol. The molecule has 0 saturated heterocycles. The third kappa shape index (κ3) is 4.51. The van der Waals surface area contributed by atoms with Crippen LogP contribution in [0.4, 0.5) is 39.4 Å². The molecule has 6 nitrogen and oxygen atoms in total. The Morgan fingerprint density at radius 1 is 1.12 bits per heavy atom. The minimum atomic E-state index is -4.81. The van der Waals surface area contributed by atoms with Crippen molar-refractivity contribution in [1.82, 2.24) is 9.97 Å². The highest BCUT2D eigenvalue weighted by atomic mass is 19.4. The van der Waals surface area contributed by atoms with Crippen LogP contribution in [0.5, 0.6) is 0 Å². The molecule has 0 radical (unpaired) electrons. The van der Waals surface area contributed by atoms with Crippen molar-refractivity contribution in [2.75, 3.05) is 17.2 Å². The van der Waals surface area contributed by atoms with Crippen LogP contribution in [0, 0.1) is 11.6 Å². The molecule has 128 valence electrons. The number of rotatable bonds is 5. The Balaban J connectivity index is 2.34. The molecule has 0 aliphatic carbocycles. The maximum Gasteiger partial charge on any atom is 0.433 e. The van der Waals surface area contributed by atoms with Crippen LogP contribution in [0.1, 0.15) is 5.69 Å². The zero-order valence-electron chi connectivity index (χ0n) is 11.7. The number of alkyl halides is 3. The van der Waals surface area contributed by atoms with Gasteiger partial charge < -0.3 is 15.7 Å². The van der Waals surface area contributed by atoms with Crippen LogP contribution in [-0.2, 0) is 11.0 Å². The molecule has 11 heteroatoms. The fourth-order valence-electron chi connectivity index (χ4n) is 1.61. The van der Waals surface area contributed by atoms with Gasteiger partial charge in [-0.05, 0) is 12.1 Å². The molecule has 3 N–H and O–H groups in total. The van der Waals surface area contributed by atoms with Gasteiger partial charge in [-0.1, -0.05) is 0 Å². The lowest BCUT2D eigenvalue weighted by Crippen LogP contribution is -2.17. The summed E-state index contributed by atoms with van der Waals surface area (Å²) in [6, 6.07) is 3.16. The Kier molecular flexibility index (Phi) is 4.81. The SMILES string of the molecule is O=C(O)CNc1nc(Nc2ccc(F)c(F)c2)cc(C(F)(F)F)n1. The van der Waals surface area contributed by atoms with Gasteiger partial charge in [0.25, 0.3) is 0 Å². The molecular formula is C13H9F5N4O2. The topological polar surface area (TPSA) is 87.1 Å². The summed E-state index contributed by atoms with van der Waals surface area (Å²) < 4.78 is 64.5. The van der Waals surface area contributed by atoms with E-state index in [0.717, 1.165) is 18.2 Å². The predicted octanol–water partition coefficient (Wildman–Crippen LogP) is 3.01. The van der Waals surface area contributed by atoms with E-state index in [0.29, 0.717) is 6.07 Å². The van der Waals surface area contributed by atoms with Crippen LogP contribution >= 0.6 is 0 Å². The minimum Gasteiger partial charge on any atom is -0.480 e. The summed E-state index contributed by atoms with van der Waals surface area (Å²) >= 11 is 0. The highest BCUT2D eigenvalue weighted by Crippen LogP contribution is 2.30. The molecule has 0 amide bonds. The van der Waals surface area contributed by atoms with Gasteiger partial charge in [-0.15, -0.1) is 0 Å². The molecule has 0 aliphatic heterocycles. The highest BCUT2D eigenvalue weighted by molar-refractivity contribution is 5.72. The maximum absolute atomic E-state index is 13.1. The number of benzene rings is 1. The molecule has 0 bridgehead atoms. The van der Waals surface area contributed by atoms with E-state index in [-0.39, 0.29) is 11.5 Å². The fraction of sp³-hybridized carbons (Fsp3) is 0.154. The molecule has 2 aromatic rings. The fourth-order valence-corrected chi connectivity index (χ4v) is 1.61. The molecule has 0 fully saturated rings. The van der Waals surface area contributed by atoms with Gasteiger partial charge in [0.1, 0.15) is 12.4 Å².